The molecular weight excluding hydrogens is 1210 g/mol. The molecule has 0 radical (unpaired) electrons. The summed E-state index contributed by atoms with van der Waals surface area (Å²) in [6, 6.07) is 105. The number of hydrogen-bond acceptors (Lipinski definition) is 6. The molecule has 0 saturated heterocycles. The summed E-state index contributed by atoms with van der Waals surface area (Å²) in [6.45, 7) is 16.8. The standard InChI is InChI=1S/C88H47N11/c1-93-77-41-54(50-89)39-63(52-91)85(77)60-35-37-83-73(45-60)74-46-61(86-64(53-92)40-55(51-90)42-78(86)94-2)36-38-84(74)99(83)87-71(58-23-17-25-65(43-58)97-79-31-13-9-27-67(79)68-28-10-14-32-80(68)97)47-62(76-49-75(56-19-5-3-6-20-56)95-88(96-76)57-21-7-4-8-22-57)48-72(87)59-24-18-26-66(44-59)98-81-33-15-11-29-69(81)70-30-12-16-34-82(70)98/h3-49H. The van der Waals surface area contributed by atoms with Gasteiger partial charge in [0.2, 0.25) is 0 Å². The van der Waals surface area contributed by atoms with Crippen LogP contribution < -0.4 is 0 Å². The molecule has 0 amide bonds. The fraction of sp³-hybridized carbons (Fsp3) is 0. The molecule has 17 aromatic rings. The molecule has 0 spiro atoms. The van der Waals surface area contributed by atoms with Gasteiger partial charge in [0.15, 0.2) is 17.2 Å². The zero-order chi connectivity index (χ0) is 66.8. The van der Waals surface area contributed by atoms with E-state index in [0.717, 1.165) is 127 Å². The summed E-state index contributed by atoms with van der Waals surface area (Å²) in [7, 11) is 0. The average Bonchev–Trinajstić information content (AvgIpc) is 1.59. The molecular formula is C88H47N11. The Morgan fingerprint density at radius 3 is 1.09 bits per heavy atom. The summed E-state index contributed by atoms with van der Waals surface area (Å²) in [5.74, 6) is 0.557. The van der Waals surface area contributed by atoms with Gasteiger partial charge in [0, 0.05) is 93.8 Å². The van der Waals surface area contributed by atoms with Gasteiger partial charge < -0.3 is 13.7 Å². The van der Waals surface area contributed by atoms with Gasteiger partial charge in [-0.05, 0) is 138 Å². The van der Waals surface area contributed by atoms with Gasteiger partial charge in [0.1, 0.15) is 0 Å². The van der Waals surface area contributed by atoms with E-state index in [0.29, 0.717) is 33.8 Å². The van der Waals surface area contributed by atoms with Gasteiger partial charge in [0.25, 0.3) is 0 Å². The van der Waals surface area contributed by atoms with Crippen LogP contribution in [0.3, 0.4) is 0 Å². The Morgan fingerprint density at radius 1 is 0.293 bits per heavy atom. The molecule has 13 aromatic carbocycles. The van der Waals surface area contributed by atoms with Crippen LogP contribution in [0.5, 0.6) is 0 Å². The summed E-state index contributed by atoms with van der Waals surface area (Å²) in [6.07, 6.45) is 0. The first-order valence-electron chi connectivity index (χ1n) is 32.0. The highest BCUT2D eigenvalue weighted by atomic mass is 15.0. The second kappa shape index (κ2) is 23.7. The number of hydrogen-bond donors (Lipinski definition) is 0. The molecule has 0 atom stereocenters. The van der Waals surface area contributed by atoms with Gasteiger partial charge in [-0.25, -0.2) is 19.7 Å². The van der Waals surface area contributed by atoms with Crippen LogP contribution in [0, 0.1) is 58.5 Å². The van der Waals surface area contributed by atoms with Crippen molar-refractivity contribution in [1.29, 1.82) is 21.0 Å². The van der Waals surface area contributed by atoms with Crippen molar-refractivity contribution < 1.29 is 0 Å². The second-order valence-electron chi connectivity index (χ2n) is 24.3. The minimum absolute atomic E-state index is 0.148. The van der Waals surface area contributed by atoms with Crippen molar-refractivity contribution in [2.75, 3.05) is 0 Å². The molecule has 0 saturated carbocycles. The van der Waals surface area contributed by atoms with Crippen LogP contribution in [0.1, 0.15) is 22.3 Å². The van der Waals surface area contributed by atoms with Crippen LogP contribution in [0.25, 0.3) is 171 Å². The van der Waals surface area contributed by atoms with E-state index in [9.17, 15) is 21.0 Å². The van der Waals surface area contributed by atoms with E-state index in [1.807, 2.05) is 84.9 Å². The maximum atomic E-state index is 10.8. The predicted molar refractivity (Wildman–Crippen MR) is 394 cm³/mol. The van der Waals surface area contributed by atoms with Crippen LogP contribution in [-0.2, 0) is 0 Å². The topological polar surface area (TPSA) is 144 Å². The Morgan fingerprint density at radius 2 is 0.677 bits per heavy atom. The Bertz CT molecular complexity index is 6000. The van der Waals surface area contributed by atoms with Crippen LogP contribution >= 0.6 is 0 Å². The first kappa shape index (κ1) is 58.1. The number of para-hydroxylation sites is 4. The minimum atomic E-state index is 0.148. The number of aromatic nitrogens is 5. The monoisotopic (exact) mass is 1260 g/mol. The van der Waals surface area contributed by atoms with E-state index in [2.05, 4.69) is 224 Å². The van der Waals surface area contributed by atoms with E-state index >= 15 is 0 Å². The Balaban J connectivity index is 1.04. The van der Waals surface area contributed by atoms with Gasteiger partial charge in [-0.2, -0.15) is 21.0 Å². The quantitative estimate of drug-likeness (QED) is 0.125. The highest BCUT2D eigenvalue weighted by molar-refractivity contribution is 6.15. The molecule has 454 valence electrons. The number of nitriles is 4. The Kier molecular flexibility index (Phi) is 13.9. The normalized spacial score (nSPS) is 11.2. The zero-order valence-electron chi connectivity index (χ0n) is 52.6. The van der Waals surface area contributed by atoms with Crippen LogP contribution in [0.15, 0.2) is 285 Å². The van der Waals surface area contributed by atoms with E-state index in [4.69, 9.17) is 23.1 Å². The van der Waals surface area contributed by atoms with E-state index in [-0.39, 0.29) is 33.6 Å². The van der Waals surface area contributed by atoms with E-state index < -0.39 is 0 Å². The van der Waals surface area contributed by atoms with Crippen LogP contribution in [0.4, 0.5) is 11.4 Å². The van der Waals surface area contributed by atoms with Crippen molar-refractivity contribution in [3.05, 3.63) is 330 Å². The number of nitrogens with zero attached hydrogens (tertiary/aromatic N) is 11. The van der Waals surface area contributed by atoms with Crippen molar-refractivity contribution in [3.63, 3.8) is 0 Å². The molecule has 11 nitrogen and oxygen atoms in total. The molecule has 0 bridgehead atoms. The maximum absolute atomic E-state index is 10.8. The first-order chi connectivity index (χ1) is 48.8. The molecule has 0 aliphatic rings. The smallest absolute Gasteiger partial charge is 0.197 e. The van der Waals surface area contributed by atoms with Crippen LogP contribution in [0.2, 0.25) is 0 Å². The third kappa shape index (κ3) is 9.61. The molecule has 99 heavy (non-hydrogen) atoms. The van der Waals surface area contributed by atoms with Crippen molar-refractivity contribution in [2.24, 2.45) is 0 Å². The van der Waals surface area contributed by atoms with Gasteiger partial charge in [-0.1, -0.05) is 170 Å². The summed E-state index contributed by atoms with van der Waals surface area (Å²) >= 11 is 0. The molecule has 0 fully saturated rings. The summed E-state index contributed by atoms with van der Waals surface area (Å²) < 4.78 is 6.94. The minimum Gasteiger partial charge on any atom is -0.309 e. The predicted octanol–water partition coefficient (Wildman–Crippen LogP) is 22.0. The van der Waals surface area contributed by atoms with Crippen LogP contribution in [-0.4, -0.2) is 23.7 Å². The van der Waals surface area contributed by atoms with Gasteiger partial charge in [-0.3, -0.25) is 0 Å². The summed E-state index contributed by atoms with van der Waals surface area (Å²) in [5.41, 5.74) is 18.7. The second-order valence-corrected chi connectivity index (χ2v) is 24.3. The molecule has 0 aliphatic heterocycles. The molecule has 0 N–H and O–H groups in total. The van der Waals surface area contributed by atoms with Crippen molar-refractivity contribution >= 4 is 76.8 Å². The Labute approximate surface area is 568 Å². The Hall–Kier alpha value is -14.7. The first-order valence-corrected chi connectivity index (χ1v) is 32.0. The largest absolute Gasteiger partial charge is 0.309 e. The molecule has 17 rings (SSSR count). The lowest BCUT2D eigenvalue weighted by molar-refractivity contribution is 1.16. The lowest BCUT2D eigenvalue weighted by Gasteiger charge is -2.22. The fourth-order valence-electron chi connectivity index (χ4n) is 14.5. The number of rotatable bonds is 10. The molecule has 0 unspecified atom stereocenters. The van der Waals surface area contributed by atoms with E-state index in [1.165, 1.54) is 24.3 Å². The van der Waals surface area contributed by atoms with Gasteiger partial charge in [-0.15, -0.1) is 0 Å². The van der Waals surface area contributed by atoms with Crippen molar-refractivity contribution in [1.82, 2.24) is 23.7 Å². The van der Waals surface area contributed by atoms with Crippen molar-refractivity contribution in [3.8, 4) is 120 Å². The van der Waals surface area contributed by atoms with Gasteiger partial charge >= 0.3 is 0 Å². The van der Waals surface area contributed by atoms with Crippen molar-refractivity contribution in [2.45, 2.75) is 0 Å². The lowest BCUT2D eigenvalue weighted by Crippen LogP contribution is -2.04. The number of benzene rings is 13. The third-order valence-corrected chi connectivity index (χ3v) is 18.8. The summed E-state index contributed by atoms with van der Waals surface area (Å²) in [5, 5.41) is 47.8. The highest BCUT2D eigenvalue weighted by Crippen LogP contribution is 2.49. The average molecular weight is 1260 g/mol. The molecule has 11 heteroatoms. The zero-order valence-corrected chi connectivity index (χ0v) is 52.6. The lowest BCUT2D eigenvalue weighted by atomic mass is 9.91. The number of fused-ring (bicyclic) bond motifs is 9. The molecule has 4 heterocycles. The van der Waals surface area contributed by atoms with E-state index in [1.54, 1.807) is 0 Å². The maximum Gasteiger partial charge on any atom is 0.197 e. The highest BCUT2D eigenvalue weighted by Gasteiger charge is 2.27. The third-order valence-electron chi connectivity index (χ3n) is 18.8. The molecule has 4 aromatic heterocycles. The SMILES string of the molecule is [C-]#[N+]c1cc(C#N)cc(C#N)c1-c1ccc2c(c1)c1cc(-c3c(C#N)cc(C#N)cc3[N+]#[C-])ccc1n2-c1c(-c2cccc(-n3c4ccccc4c4ccccc43)c2)cc(-c2cc(-c3ccccc3)nc(-c3ccccc3)n2)cc1-c1cccc(-n2c3ccccc3c3ccccc32)c1. The fourth-order valence-corrected chi connectivity index (χ4v) is 14.5. The molecule has 0 aliphatic carbocycles. The summed E-state index contributed by atoms with van der Waals surface area (Å²) in [4.78, 5) is 18.6. The van der Waals surface area contributed by atoms with Gasteiger partial charge in [0.05, 0.1) is 98.7 Å².